The van der Waals surface area contributed by atoms with Crippen LogP contribution in [-0.4, -0.2) is 31.7 Å². The first-order valence-electron chi connectivity index (χ1n) is 12.0. The Kier molecular flexibility index (Phi) is 19.4. The molecule has 1 aliphatic rings. The van der Waals surface area contributed by atoms with Crippen LogP contribution in [0.2, 0.25) is 0 Å². The first kappa shape index (κ1) is 32.4. The highest BCUT2D eigenvalue weighted by atomic mass is 19.1. The molecule has 186 valence electrons. The van der Waals surface area contributed by atoms with Crippen molar-refractivity contribution in [1.29, 1.82) is 0 Å². The number of nitrogens with zero attached hydrogens (tertiary/aromatic N) is 1. The van der Waals surface area contributed by atoms with E-state index in [0.717, 1.165) is 24.2 Å². The SMILES string of the molecule is C=C/C=C1\N(C)c2ccccc2NC1(CC)CCNC(=O)C/C=C\C.C=CCF.CC.CC. The second kappa shape index (κ2) is 19.8. The van der Waals surface area contributed by atoms with Gasteiger partial charge in [-0.3, -0.25) is 4.79 Å². The van der Waals surface area contributed by atoms with E-state index < -0.39 is 6.67 Å². The normalized spacial score (nSPS) is 17.1. The number of amides is 1. The molecular formula is C28H46FN3O. The Morgan fingerprint density at radius 3 is 2.33 bits per heavy atom. The van der Waals surface area contributed by atoms with E-state index in [-0.39, 0.29) is 11.4 Å². The minimum Gasteiger partial charge on any atom is -0.372 e. The highest BCUT2D eigenvalue weighted by molar-refractivity contribution is 5.79. The lowest BCUT2D eigenvalue weighted by Gasteiger charge is -2.46. The maximum absolute atomic E-state index is 11.9. The third-order valence-electron chi connectivity index (χ3n) is 4.89. The van der Waals surface area contributed by atoms with E-state index in [4.69, 9.17) is 0 Å². The minimum atomic E-state index is -0.417. The number of alkyl halides is 1. The fourth-order valence-corrected chi connectivity index (χ4v) is 3.38. The molecule has 0 radical (unpaired) electrons. The molecule has 1 amide bonds. The number of para-hydroxylation sites is 2. The fraction of sp³-hybridized carbons (Fsp3) is 0.464. The number of likely N-dealkylation sites (N-methyl/N-ethyl adjacent to an activating group) is 1. The van der Waals surface area contributed by atoms with Gasteiger partial charge in [-0.05, 0) is 38.0 Å². The molecule has 5 heteroatoms. The van der Waals surface area contributed by atoms with E-state index in [1.54, 1.807) is 0 Å². The van der Waals surface area contributed by atoms with Gasteiger partial charge in [-0.15, -0.1) is 6.58 Å². The van der Waals surface area contributed by atoms with Crippen LogP contribution in [0.15, 0.2) is 73.5 Å². The summed E-state index contributed by atoms with van der Waals surface area (Å²) in [6, 6.07) is 8.30. The number of hydrogen-bond donors (Lipinski definition) is 2. The standard InChI is InChI=1S/C21H29N3O.C3H5F.2C2H6/c1-5-8-14-20(25)22-16-15-21(7-3)19(11-6-2)24(4)18-13-10-9-12-17(18)23-21;1-2-3-4;2*1-2/h5-6,8-13,23H,2,7,14-16H2,1,3-4H3,(H,22,25);2H,1,3H2;2*1-2H3/b8-5-,19-11-;;;. The number of rotatable bonds is 8. The monoisotopic (exact) mass is 459 g/mol. The number of fused-ring (bicyclic) bond motifs is 1. The Balaban J connectivity index is 0. The maximum atomic E-state index is 11.9. The van der Waals surface area contributed by atoms with Gasteiger partial charge in [-0.1, -0.05) is 77.6 Å². The third-order valence-corrected chi connectivity index (χ3v) is 4.89. The molecule has 1 aromatic rings. The van der Waals surface area contributed by atoms with E-state index in [1.807, 2.05) is 65.0 Å². The summed E-state index contributed by atoms with van der Waals surface area (Å²) < 4.78 is 10.6. The molecule has 0 saturated carbocycles. The van der Waals surface area contributed by atoms with Crippen molar-refractivity contribution in [2.75, 3.05) is 30.5 Å². The van der Waals surface area contributed by atoms with Crippen molar-refractivity contribution < 1.29 is 9.18 Å². The first-order chi connectivity index (χ1) is 16.0. The van der Waals surface area contributed by atoms with Gasteiger partial charge in [0.15, 0.2) is 0 Å². The van der Waals surface area contributed by atoms with Gasteiger partial charge in [0.2, 0.25) is 5.91 Å². The summed E-state index contributed by atoms with van der Waals surface area (Å²) in [6.07, 6.45) is 11.0. The maximum Gasteiger partial charge on any atom is 0.223 e. The number of allylic oxidation sites excluding steroid dienone is 4. The molecule has 1 unspecified atom stereocenters. The van der Waals surface area contributed by atoms with Crippen molar-refractivity contribution in [2.45, 2.75) is 66.3 Å². The summed E-state index contributed by atoms with van der Waals surface area (Å²) in [6.45, 7) is 19.3. The van der Waals surface area contributed by atoms with Crippen LogP contribution >= 0.6 is 0 Å². The van der Waals surface area contributed by atoms with E-state index in [0.29, 0.717) is 13.0 Å². The predicted octanol–water partition coefficient (Wildman–Crippen LogP) is 7.43. The topological polar surface area (TPSA) is 44.4 Å². The summed E-state index contributed by atoms with van der Waals surface area (Å²) in [4.78, 5) is 14.1. The molecular weight excluding hydrogens is 413 g/mol. The molecule has 0 bridgehead atoms. The number of benzene rings is 1. The number of carbonyl (C=O) groups is 1. The van der Waals surface area contributed by atoms with Gasteiger partial charge in [0, 0.05) is 25.7 Å². The molecule has 1 atom stereocenters. The summed E-state index contributed by atoms with van der Waals surface area (Å²) >= 11 is 0. The molecule has 0 aliphatic carbocycles. The summed E-state index contributed by atoms with van der Waals surface area (Å²) in [7, 11) is 2.09. The summed E-state index contributed by atoms with van der Waals surface area (Å²) in [5, 5.41) is 6.74. The summed E-state index contributed by atoms with van der Waals surface area (Å²) in [5.41, 5.74) is 3.21. The molecule has 4 nitrogen and oxygen atoms in total. The molecule has 2 rings (SSSR count). The van der Waals surface area contributed by atoms with Crippen LogP contribution < -0.4 is 15.5 Å². The predicted molar refractivity (Wildman–Crippen MR) is 146 cm³/mol. The zero-order valence-corrected chi connectivity index (χ0v) is 21.9. The number of halogens is 1. The Morgan fingerprint density at radius 2 is 1.82 bits per heavy atom. The number of carbonyl (C=O) groups excluding carboxylic acids is 1. The molecule has 2 N–H and O–H groups in total. The Morgan fingerprint density at radius 1 is 1.21 bits per heavy atom. The molecule has 33 heavy (non-hydrogen) atoms. The van der Waals surface area contributed by atoms with Gasteiger partial charge in [0.05, 0.1) is 16.9 Å². The van der Waals surface area contributed by atoms with E-state index in [2.05, 4.69) is 60.9 Å². The van der Waals surface area contributed by atoms with E-state index in [9.17, 15) is 9.18 Å². The average Bonchev–Trinajstić information content (AvgIpc) is 2.87. The minimum absolute atomic E-state index is 0.0585. The Labute approximate surface area is 202 Å². The first-order valence-corrected chi connectivity index (χ1v) is 12.0. The highest BCUT2D eigenvalue weighted by Gasteiger charge is 2.39. The van der Waals surface area contributed by atoms with Crippen molar-refractivity contribution in [3.63, 3.8) is 0 Å². The number of hydrogen-bond acceptors (Lipinski definition) is 3. The molecule has 0 saturated heterocycles. The van der Waals surface area contributed by atoms with Crippen LogP contribution in [0, 0.1) is 0 Å². The summed E-state index contributed by atoms with van der Waals surface area (Å²) in [5.74, 6) is 0.0585. The lowest BCUT2D eigenvalue weighted by molar-refractivity contribution is -0.120. The quantitative estimate of drug-likeness (QED) is 0.397. The second-order valence-electron chi connectivity index (χ2n) is 6.74. The number of nitrogens with one attached hydrogen (secondary N) is 2. The van der Waals surface area contributed by atoms with E-state index in [1.165, 1.54) is 11.8 Å². The van der Waals surface area contributed by atoms with Crippen molar-refractivity contribution in [2.24, 2.45) is 0 Å². The van der Waals surface area contributed by atoms with Crippen molar-refractivity contribution >= 4 is 17.3 Å². The van der Waals surface area contributed by atoms with Crippen LogP contribution in [0.5, 0.6) is 0 Å². The van der Waals surface area contributed by atoms with Crippen molar-refractivity contribution in [3.8, 4) is 0 Å². The van der Waals surface area contributed by atoms with Gasteiger partial charge in [-0.25, -0.2) is 4.39 Å². The van der Waals surface area contributed by atoms with E-state index >= 15 is 0 Å². The molecule has 0 fully saturated rings. The van der Waals surface area contributed by atoms with Crippen LogP contribution in [0.25, 0.3) is 0 Å². The average molecular weight is 460 g/mol. The van der Waals surface area contributed by atoms with Gasteiger partial charge in [0.25, 0.3) is 0 Å². The zero-order valence-electron chi connectivity index (χ0n) is 21.9. The van der Waals surface area contributed by atoms with Gasteiger partial charge in [-0.2, -0.15) is 0 Å². The van der Waals surface area contributed by atoms with Crippen LogP contribution in [-0.2, 0) is 4.79 Å². The third kappa shape index (κ3) is 10.6. The van der Waals surface area contributed by atoms with Crippen molar-refractivity contribution in [3.05, 3.63) is 73.5 Å². The van der Waals surface area contributed by atoms with Crippen molar-refractivity contribution in [1.82, 2.24) is 5.32 Å². The molecule has 1 aliphatic heterocycles. The molecule has 0 spiro atoms. The van der Waals surface area contributed by atoms with Crippen LogP contribution in [0.3, 0.4) is 0 Å². The molecule has 1 aromatic carbocycles. The van der Waals surface area contributed by atoms with Gasteiger partial charge >= 0.3 is 0 Å². The van der Waals surface area contributed by atoms with Gasteiger partial charge in [0.1, 0.15) is 6.67 Å². The number of anilines is 2. The largest absolute Gasteiger partial charge is 0.372 e. The van der Waals surface area contributed by atoms with Gasteiger partial charge < -0.3 is 15.5 Å². The fourth-order valence-electron chi connectivity index (χ4n) is 3.38. The Hall–Kier alpha value is -2.82. The molecule has 1 heterocycles. The van der Waals surface area contributed by atoms with Crippen LogP contribution in [0.4, 0.5) is 15.8 Å². The smallest absolute Gasteiger partial charge is 0.223 e. The second-order valence-corrected chi connectivity index (χ2v) is 6.74. The lowest BCUT2D eigenvalue weighted by Crippen LogP contribution is -2.50. The molecule has 0 aromatic heterocycles. The lowest BCUT2D eigenvalue weighted by atomic mass is 9.84. The Bertz CT molecular complexity index is 742. The van der Waals surface area contributed by atoms with Crippen LogP contribution in [0.1, 0.15) is 60.8 Å². The zero-order chi connectivity index (χ0) is 25.7. The highest BCUT2D eigenvalue weighted by Crippen LogP contribution is 2.42.